The summed E-state index contributed by atoms with van der Waals surface area (Å²) < 4.78 is 3.95. The first-order valence-electron chi connectivity index (χ1n) is 8.27. The van der Waals surface area contributed by atoms with Crippen LogP contribution >= 0.6 is 0 Å². The first kappa shape index (κ1) is 16.3. The number of rotatable bonds is 6. The summed E-state index contributed by atoms with van der Waals surface area (Å²) >= 11 is 0. The highest BCUT2D eigenvalue weighted by atomic mass is 16.1. The fraction of sp³-hybridized carbons (Fsp3) is 0.333. The molecule has 0 unspecified atom stereocenters. The molecule has 0 atom stereocenters. The molecule has 3 rings (SSSR count). The van der Waals surface area contributed by atoms with E-state index in [1.807, 2.05) is 50.4 Å². The largest absolute Gasteiger partial charge is 0.347 e. The van der Waals surface area contributed by atoms with Gasteiger partial charge in [-0.05, 0) is 51.1 Å². The van der Waals surface area contributed by atoms with Gasteiger partial charge in [-0.3, -0.25) is 4.79 Å². The molecule has 6 nitrogen and oxygen atoms in total. The molecule has 2 aromatic heterocycles. The van der Waals surface area contributed by atoms with Crippen LogP contribution in [0.3, 0.4) is 0 Å². The molecular formula is C18H23N5O. The number of hydrogen-bond acceptors (Lipinski definition) is 3. The second-order valence-corrected chi connectivity index (χ2v) is 5.87. The van der Waals surface area contributed by atoms with Gasteiger partial charge in [-0.25, -0.2) is 4.68 Å². The summed E-state index contributed by atoms with van der Waals surface area (Å²) in [6, 6.07) is 9.68. The molecule has 3 aromatic rings. The zero-order valence-corrected chi connectivity index (χ0v) is 14.1. The van der Waals surface area contributed by atoms with E-state index in [1.165, 1.54) is 0 Å². The molecular weight excluding hydrogens is 302 g/mol. The monoisotopic (exact) mass is 325 g/mol. The first-order valence-corrected chi connectivity index (χ1v) is 8.27. The Hall–Kier alpha value is -2.60. The lowest BCUT2D eigenvalue weighted by atomic mass is 10.1. The van der Waals surface area contributed by atoms with Crippen LogP contribution in [0.25, 0.3) is 10.9 Å². The van der Waals surface area contributed by atoms with E-state index in [-0.39, 0.29) is 5.91 Å². The van der Waals surface area contributed by atoms with E-state index in [9.17, 15) is 4.79 Å². The van der Waals surface area contributed by atoms with Gasteiger partial charge in [-0.1, -0.05) is 0 Å². The summed E-state index contributed by atoms with van der Waals surface area (Å²) in [6.45, 7) is 6.19. The highest BCUT2D eigenvalue weighted by Gasteiger charge is 2.12. The molecule has 0 saturated heterocycles. The van der Waals surface area contributed by atoms with Gasteiger partial charge in [0.2, 0.25) is 0 Å². The van der Waals surface area contributed by atoms with E-state index in [0.717, 1.165) is 35.4 Å². The molecule has 0 spiro atoms. The number of amides is 1. The van der Waals surface area contributed by atoms with Crippen molar-refractivity contribution in [3.05, 3.63) is 47.8 Å². The maximum atomic E-state index is 12.5. The molecule has 0 aliphatic rings. The summed E-state index contributed by atoms with van der Waals surface area (Å²) in [4.78, 5) is 12.5. The van der Waals surface area contributed by atoms with E-state index >= 15 is 0 Å². The molecule has 0 aliphatic carbocycles. The van der Waals surface area contributed by atoms with Crippen LogP contribution in [0.5, 0.6) is 0 Å². The van der Waals surface area contributed by atoms with Crippen LogP contribution in [0.15, 0.2) is 36.5 Å². The SMILES string of the molecule is CCn1nc(C)cc1NC(=O)c1ccc2c(ccn2CCCN)c1. The quantitative estimate of drug-likeness (QED) is 0.731. The Kier molecular flexibility index (Phi) is 4.66. The molecule has 0 saturated carbocycles. The molecule has 6 heteroatoms. The van der Waals surface area contributed by atoms with Crippen molar-refractivity contribution in [3.8, 4) is 0 Å². The van der Waals surface area contributed by atoms with E-state index < -0.39 is 0 Å². The summed E-state index contributed by atoms with van der Waals surface area (Å²) in [5, 5.41) is 8.34. The Morgan fingerprint density at radius 1 is 1.29 bits per heavy atom. The number of nitrogens with two attached hydrogens (primary N) is 1. The van der Waals surface area contributed by atoms with Gasteiger partial charge in [-0.2, -0.15) is 5.10 Å². The fourth-order valence-corrected chi connectivity index (χ4v) is 2.87. The number of carbonyl (C=O) groups is 1. The Labute approximate surface area is 141 Å². The second-order valence-electron chi connectivity index (χ2n) is 5.87. The summed E-state index contributed by atoms with van der Waals surface area (Å²) in [5.74, 6) is 0.599. The van der Waals surface area contributed by atoms with Crippen molar-refractivity contribution in [1.29, 1.82) is 0 Å². The van der Waals surface area contributed by atoms with Crippen LogP contribution in [0.2, 0.25) is 0 Å². The number of aromatic nitrogens is 3. The van der Waals surface area contributed by atoms with Crippen molar-refractivity contribution in [2.24, 2.45) is 5.73 Å². The van der Waals surface area contributed by atoms with Gasteiger partial charge < -0.3 is 15.6 Å². The standard InChI is InChI=1S/C18H23N5O/c1-3-23-17(11-13(2)21-23)20-18(24)15-5-6-16-14(12-15)7-10-22(16)9-4-8-19/h5-7,10-12H,3-4,8-9,19H2,1-2H3,(H,20,24). The van der Waals surface area contributed by atoms with Gasteiger partial charge in [-0.15, -0.1) is 0 Å². The van der Waals surface area contributed by atoms with E-state index in [4.69, 9.17) is 5.73 Å². The van der Waals surface area contributed by atoms with Gasteiger partial charge in [0.15, 0.2) is 0 Å². The molecule has 24 heavy (non-hydrogen) atoms. The maximum Gasteiger partial charge on any atom is 0.256 e. The number of benzene rings is 1. The van der Waals surface area contributed by atoms with Gasteiger partial charge >= 0.3 is 0 Å². The number of nitrogens with one attached hydrogen (secondary N) is 1. The van der Waals surface area contributed by atoms with Crippen LogP contribution in [-0.2, 0) is 13.1 Å². The number of anilines is 1. The molecule has 1 aromatic carbocycles. The minimum atomic E-state index is -0.124. The van der Waals surface area contributed by atoms with Crippen molar-refractivity contribution in [3.63, 3.8) is 0 Å². The van der Waals surface area contributed by atoms with Crippen molar-refractivity contribution in [2.45, 2.75) is 33.4 Å². The second kappa shape index (κ2) is 6.88. The Morgan fingerprint density at radius 3 is 2.88 bits per heavy atom. The average Bonchev–Trinajstić information content (AvgIpc) is 3.15. The zero-order chi connectivity index (χ0) is 17.1. The minimum absolute atomic E-state index is 0.124. The van der Waals surface area contributed by atoms with Gasteiger partial charge in [0.05, 0.1) is 5.69 Å². The van der Waals surface area contributed by atoms with Gasteiger partial charge in [0.25, 0.3) is 5.91 Å². The number of carbonyl (C=O) groups excluding carboxylic acids is 1. The molecule has 0 aliphatic heterocycles. The lowest BCUT2D eigenvalue weighted by Crippen LogP contribution is -2.15. The van der Waals surface area contributed by atoms with Gasteiger partial charge in [0.1, 0.15) is 5.82 Å². The van der Waals surface area contributed by atoms with Crippen LogP contribution in [0.1, 0.15) is 29.4 Å². The highest BCUT2D eigenvalue weighted by Crippen LogP contribution is 2.19. The molecule has 1 amide bonds. The Bertz CT molecular complexity index is 862. The van der Waals surface area contributed by atoms with E-state index in [0.29, 0.717) is 18.7 Å². The average molecular weight is 325 g/mol. The molecule has 0 radical (unpaired) electrons. The number of hydrogen-bond donors (Lipinski definition) is 2. The third kappa shape index (κ3) is 3.19. The topological polar surface area (TPSA) is 77.9 Å². The van der Waals surface area contributed by atoms with Crippen LogP contribution < -0.4 is 11.1 Å². The third-order valence-electron chi connectivity index (χ3n) is 4.08. The maximum absolute atomic E-state index is 12.5. The van der Waals surface area contributed by atoms with Gasteiger partial charge in [0, 0.05) is 41.8 Å². The first-order chi connectivity index (χ1) is 11.6. The summed E-state index contributed by atoms with van der Waals surface area (Å²) in [5.41, 5.74) is 8.23. The van der Waals surface area contributed by atoms with Crippen LogP contribution in [0.4, 0.5) is 5.82 Å². The normalized spacial score (nSPS) is 11.1. The van der Waals surface area contributed by atoms with Crippen LogP contribution in [-0.4, -0.2) is 26.8 Å². The predicted molar refractivity (Wildman–Crippen MR) is 96.2 cm³/mol. The van der Waals surface area contributed by atoms with Crippen molar-refractivity contribution in [2.75, 3.05) is 11.9 Å². The van der Waals surface area contributed by atoms with E-state index in [2.05, 4.69) is 15.0 Å². The summed E-state index contributed by atoms with van der Waals surface area (Å²) in [7, 11) is 0. The molecule has 2 heterocycles. The third-order valence-corrected chi connectivity index (χ3v) is 4.08. The smallest absolute Gasteiger partial charge is 0.256 e. The minimum Gasteiger partial charge on any atom is -0.347 e. The van der Waals surface area contributed by atoms with E-state index in [1.54, 1.807) is 4.68 Å². The number of aryl methyl sites for hydroxylation is 3. The highest BCUT2D eigenvalue weighted by molar-refractivity contribution is 6.05. The molecule has 126 valence electrons. The van der Waals surface area contributed by atoms with Crippen molar-refractivity contribution < 1.29 is 4.79 Å². The number of fused-ring (bicyclic) bond motifs is 1. The zero-order valence-electron chi connectivity index (χ0n) is 14.1. The fourth-order valence-electron chi connectivity index (χ4n) is 2.87. The lowest BCUT2D eigenvalue weighted by Gasteiger charge is -2.08. The molecule has 0 fully saturated rings. The predicted octanol–water partition coefficient (Wildman–Crippen LogP) is 2.77. The Balaban J connectivity index is 1.82. The van der Waals surface area contributed by atoms with Crippen molar-refractivity contribution in [1.82, 2.24) is 14.3 Å². The lowest BCUT2D eigenvalue weighted by molar-refractivity contribution is 0.102. The van der Waals surface area contributed by atoms with Crippen molar-refractivity contribution >= 4 is 22.6 Å². The molecule has 3 N–H and O–H groups in total. The van der Waals surface area contributed by atoms with Crippen LogP contribution in [0, 0.1) is 6.92 Å². The summed E-state index contributed by atoms with van der Waals surface area (Å²) in [6.07, 6.45) is 2.98. The Morgan fingerprint density at radius 2 is 2.12 bits per heavy atom. The number of nitrogens with zero attached hydrogens (tertiary/aromatic N) is 3. The molecule has 0 bridgehead atoms.